The third-order valence-electron chi connectivity index (χ3n) is 4.06. The Bertz CT molecular complexity index is 450. The van der Waals surface area contributed by atoms with Crippen LogP contribution in [0.15, 0.2) is 18.2 Å². The van der Waals surface area contributed by atoms with Crippen molar-refractivity contribution in [3.05, 3.63) is 29.3 Å². The molecule has 0 atom stereocenters. The van der Waals surface area contributed by atoms with Crippen LogP contribution in [0.2, 0.25) is 0 Å². The zero-order chi connectivity index (χ0) is 13.8. The molecular formula is C16H23NO2. The van der Waals surface area contributed by atoms with Gasteiger partial charge < -0.3 is 10.0 Å². The molecule has 104 valence electrons. The highest BCUT2D eigenvalue weighted by Gasteiger charge is 2.25. The van der Waals surface area contributed by atoms with Crippen LogP contribution in [0.4, 0.5) is 0 Å². The first-order chi connectivity index (χ1) is 9.13. The van der Waals surface area contributed by atoms with E-state index >= 15 is 0 Å². The minimum atomic E-state index is 0.0949. The average molecular weight is 261 g/mol. The van der Waals surface area contributed by atoms with Crippen LogP contribution in [0, 0.1) is 6.92 Å². The van der Waals surface area contributed by atoms with Crippen molar-refractivity contribution in [3.8, 4) is 5.75 Å². The number of amides is 1. The Labute approximate surface area is 115 Å². The van der Waals surface area contributed by atoms with Gasteiger partial charge in [-0.1, -0.05) is 19.3 Å². The minimum absolute atomic E-state index is 0.0949. The largest absolute Gasteiger partial charge is 0.508 e. The molecule has 1 aromatic rings. The first-order valence-electron chi connectivity index (χ1n) is 7.24. The Morgan fingerprint density at radius 3 is 2.58 bits per heavy atom. The molecule has 1 aliphatic rings. The van der Waals surface area contributed by atoms with Gasteiger partial charge in [-0.2, -0.15) is 0 Å². The van der Waals surface area contributed by atoms with Gasteiger partial charge in [0.1, 0.15) is 5.75 Å². The Hall–Kier alpha value is -1.51. The maximum Gasteiger partial charge on any atom is 0.254 e. The van der Waals surface area contributed by atoms with Crippen LogP contribution in [-0.2, 0) is 0 Å². The van der Waals surface area contributed by atoms with Gasteiger partial charge in [0, 0.05) is 18.2 Å². The SMILES string of the molecule is CCN(C(=O)c1ccc(O)c(C)c1)C1CCCCC1. The number of phenolic OH excluding ortho intramolecular Hbond substituents is 1. The zero-order valence-electron chi connectivity index (χ0n) is 11.9. The van der Waals surface area contributed by atoms with Gasteiger partial charge in [-0.25, -0.2) is 0 Å². The van der Waals surface area contributed by atoms with Crippen molar-refractivity contribution in [3.63, 3.8) is 0 Å². The molecule has 3 heteroatoms. The molecule has 0 heterocycles. The Kier molecular flexibility index (Phi) is 4.46. The molecule has 0 spiro atoms. The first kappa shape index (κ1) is 13.9. The van der Waals surface area contributed by atoms with E-state index in [-0.39, 0.29) is 11.7 Å². The Balaban J connectivity index is 2.17. The molecule has 1 aromatic carbocycles. The number of rotatable bonds is 3. The quantitative estimate of drug-likeness (QED) is 0.904. The molecule has 1 saturated carbocycles. The standard InChI is InChI=1S/C16H23NO2/c1-3-17(14-7-5-4-6-8-14)16(19)13-9-10-15(18)12(2)11-13/h9-11,14,18H,3-8H2,1-2H3. The van der Waals surface area contributed by atoms with E-state index in [0.29, 0.717) is 11.6 Å². The number of aromatic hydroxyl groups is 1. The number of carbonyl (C=O) groups is 1. The number of hydrogen-bond acceptors (Lipinski definition) is 2. The van der Waals surface area contributed by atoms with Gasteiger partial charge >= 0.3 is 0 Å². The van der Waals surface area contributed by atoms with Crippen molar-refractivity contribution in [1.29, 1.82) is 0 Å². The van der Waals surface area contributed by atoms with Crippen molar-refractivity contribution in [2.45, 2.75) is 52.0 Å². The smallest absolute Gasteiger partial charge is 0.254 e. The van der Waals surface area contributed by atoms with E-state index in [2.05, 4.69) is 0 Å². The summed E-state index contributed by atoms with van der Waals surface area (Å²) in [6, 6.07) is 5.50. The second-order valence-electron chi connectivity index (χ2n) is 5.38. The van der Waals surface area contributed by atoms with E-state index in [0.717, 1.165) is 24.9 Å². The van der Waals surface area contributed by atoms with Gasteiger partial charge in [-0.05, 0) is 50.5 Å². The number of carbonyl (C=O) groups excluding carboxylic acids is 1. The maximum atomic E-state index is 12.6. The summed E-state index contributed by atoms with van der Waals surface area (Å²) < 4.78 is 0. The van der Waals surface area contributed by atoms with Crippen molar-refractivity contribution in [2.75, 3.05) is 6.54 Å². The number of aryl methyl sites for hydroxylation is 1. The molecule has 2 rings (SSSR count). The monoisotopic (exact) mass is 261 g/mol. The van der Waals surface area contributed by atoms with E-state index in [9.17, 15) is 9.90 Å². The van der Waals surface area contributed by atoms with Gasteiger partial charge in [0.2, 0.25) is 0 Å². The fourth-order valence-corrected chi connectivity index (χ4v) is 2.91. The molecule has 0 aliphatic heterocycles. The zero-order valence-corrected chi connectivity index (χ0v) is 11.9. The van der Waals surface area contributed by atoms with Crippen LogP contribution in [0.1, 0.15) is 54.9 Å². The molecule has 0 unspecified atom stereocenters. The van der Waals surface area contributed by atoms with Gasteiger partial charge in [-0.3, -0.25) is 4.79 Å². The van der Waals surface area contributed by atoms with Crippen molar-refractivity contribution in [1.82, 2.24) is 4.90 Å². The number of hydrogen-bond donors (Lipinski definition) is 1. The van der Waals surface area contributed by atoms with Crippen molar-refractivity contribution >= 4 is 5.91 Å². The van der Waals surface area contributed by atoms with Crippen LogP contribution < -0.4 is 0 Å². The lowest BCUT2D eigenvalue weighted by Gasteiger charge is -2.33. The van der Waals surface area contributed by atoms with Crippen molar-refractivity contribution < 1.29 is 9.90 Å². The van der Waals surface area contributed by atoms with Gasteiger partial charge in [0.15, 0.2) is 0 Å². The van der Waals surface area contributed by atoms with Crippen LogP contribution in [0.25, 0.3) is 0 Å². The van der Waals surface area contributed by atoms with Crippen LogP contribution in [0.5, 0.6) is 5.75 Å². The van der Waals surface area contributed by atoms with E-state index in [1.165, 1.54) is 19.3 Å². The molecule has 1 amide bonds. The summed E-state index contributed by atoms with van der Waals surface area (Å²) in [5.41, 5.74) is 1.44. The summed E-state index contributed by atoms with van der Waals surface area (Å²) in [5.74, 6) is 0.342. The van der Waals surface area contributed by atoms with E-state index in [1.54, 1.807) is 18.2 Å². The fraction of sp³-hybridized carbons (Fsp3) is 0.562. The molecule has 19 heavy (non-hydrogen) atoms. The topological polar surface area (TPSA) is 40.5 Å². The molecule has 0 saturated heterocycles. The molecule has 0 bridgehead atoms. The summed E-state index contributed by atoms with van der Waals surface area (Å²) in [4.78, 5) is 14.6. The number of phenols is 1. The summed E-state index contributed by atoms with van der Waals surface area (Å²) in [5, 5.41) is 9.55. The Morgan fingerprint density at radius 2 is 2.00 bits per heavy atom. The van der Waals surface area contributed by atoms with E-state index in [1.807, 2.05) is 18.7 Å². The highest BCUT2D eigenvalue weighted by atomic mass is 16.3. The second-order valence-corrected chi connectivity index (χ2v) is 5.38. The predicted molar refractivity (Wildman–Crippen MR) is 76.4 cm³/mol. The first-order valence-corrected chi connectivity index (χ1v) is 7.24. The third kappa shape index (κ3) is 3.09. The minimum Gasteiger partial charge on any atom is -0.508 e. The van der Waals surface area contributed by atoms with Crippen LogP contribution in [-0.4, -0.2) is 28.5 Å². The predicted octanol–water partition coefficient (Wildman–Crippen LogP) is 3.50. The van der Waals surface area contributed by atoms with E-state index < -0.39 is 0 Å². The number of nitrogens with zero attached hydrogens (tertiary/aromatic N) is 1. The number of benzene rings is 1. The molecule has 3 nitrogen and oxygen atoms in total. The van der Waals surface area contributed by atoms with E-state index in [4.69, 9.17) is 0 Å². The molecule has 1 fully saturated rings. The molecule has 1 N–H and O–H groups in total. The van der Waals surface area contributed by atoms with Crippen molar-refractivity contribution in [2.24, 2.45) is 0 Å². The lowest BCUT2D eigenvalue weighted by Crippen LogP contribution is -2.41. The van der Waals surface area contributed by atoms with Gasteiger partial charge in [0.05, 0.1) is 0 Å². The molecule has 0 aromatic heterocycles. The fourth-order valence-electron chi connectivity index (χ4n) is 2.91. The summed E-state index contributed by atoms with van der Waals surface area (Å²) in [7, 11) is 0. The Morgan fingerprint density at radius 1 is 1.32 bits per heavy atom. The molecular weight excluding hydrogens is 238 g/mol. The highest BCUT2D eigenvalue weighted by Crippen LogP contribution is 2.25. The average Bonchev–Trinajstić information content (AvgIpc) is 2.44. The summed E-state index contributed by atoms with van der Waals surface area (Å²) in [6.45, 7) is 4.62. The summed E-state index contributed by atoms with van der Waals surface area (Å²) >= 11 is 0. The maximum absolute atomic E-state index is 12.6. The lowest BCUT2D eigenvalue weighted by atomic mass is 9.93. The van der Waals surface area contributed by atoms with Crippen LogP contribution >= 0.6 is 0 Å². The lowest BCUT2D eigenvalue weighted by molar-refractivity contribution is 0.0648. The second kappa shape index (κ2) is 6.09. The molecule has 1 aliphatic carbocycles. The molecule has 0 radical (unpaired) electrons. The highest BCUT2D eigenvalue weighted by molar-refractivity contribution is 5.94. The van der Waals surface area contributed by atoms with Gasteiger partial charge in [-0.15, -0.1) is 0 Å². The normalized spacial score (nSPS) is 16.3. The third-order valence-corrected chi connectivity index (χ3v) is 4.06. The van der Waals surface area contributed by atoms with Gasteiger partial charge in [0.25, 0.3) is 5.91 Å². The van der Waals surface area contributed by atoms with Crippen LogP contribution in [0.3, 0.4) is 0 Å². The summed E-state index contributed by atoms with van der Waals surface area (Å²) in [6.07, 6.45) is 5.99.